The van der Waals surface area contributed by atoms with E-state index in [1.165, 1.54) is 14.1 Å². The molecule has 1 fully saturated rings. The number of sulfonamides is 1. The number of nitrogens with zero attached hydrogens (tertiary/aromatic N) is 3. The van der Waals surface area contributed by atoms with Gasteiger partial charge in [-0.25, -0.2) is 12.7 Å². The molecule has 1 saturated heterocycles. The van der Waals surface area contributed by atoms with E-state index in [4.69, 9.17) is 5.73 Å². The zero-order valence-corrected chi connectivity index (χ0v) is 13.2. The lowest BCUT2D eigenvalue weighted by molar-refractivity contribution is 0.240. The van der Waals surface area contributed by atoms with Crippen LogP contribution in [0.15, 0.2) is 4.90 Å². The van der Waals surface area contributed by atoms with Crippen molar-refractivity contribution >= 4 is 32.4 Å². The quantitative estimate of drug-likeness (QED) is 0.829. The van der Waals surface area contributed by atoms with Crippen LogP contribution in [0.4, 0.5) is 10.8 Å². The molecule has 0 aromatic carbocycles. The van der Waals surface area contributed by atoms with E-state index in [1.54, 1.807) is 0 Å². The standard InChI is InChI=1S/C11H20N4O3S2/c1-14(2)20(17,18)9-10(12)13-19-11(9)15-6-4-3-5-8(15)7-16/h8,16H,3-7H2,1-2H3,(H2,12,13). The minimum absolute atomic E-state index is 0.000737. The summed E-state index contributed by atoms with van der Waals surface area (Å²) in [5.41, 5.74) is 5.76. The Morgan fingerprint density at radius 1 is 1.50 bits per heavy atom. The highest BCUT2D eigenvalue weighted by atomic mass is 32.2. The van der Waals surface area contributed by atoms with Crippen LogP contribution in [0.2, 0.25) is 0 Å². The molecule has 3 N–H and O–H groups in total. The molecule has 9 heteroatoms. The molecular formula is C11H20N4O3S2. The molecule has 1 aromatic rings. The molecule has 0 radical (unpaired) electrons. The number of aliphatic hydroxyl groups excluding tert-OH is 1. The van der Waals surface area contributed by atoms with Gasteiger partial charge in [-0.1, -0.05) is 0 Å². The van der Waals surface area contributed by atoms with Crippen LogP contribution in [-0.4, -0.2) is 55.5 Å². The zero-order chi connectivity index (χ0) is 14.9. The summed E-state index contributed by atoms with van der Waals surface area (Å²) in [7, 11) is -0.707. The molecule has 7 nitrogen and oxygen atoms in total. The Balaban J connectivity index is 2.48. The van der Waals surface area contributed by atoms with Crippen LogP contribution < -0.4 is 10.6 Å². The minimum Gasteiger partial charge on any atom is -0.394 e. The summed E-state index contributed by atoms with van der Waals surface area (Å²) in [6.45, 7) is 0.710. The van der Waals surface area contributed by atoms with E-state index in [-0.39, 0.29) is 23.4 Å². The predicted octanol–water partition coefficient (Wildman–Crippen LogP) is 0.327. The Morgan fingerprint density at radius 3 is 2.80 bits per heavy atom. The second kappa shape index (κ2) is 5.84. The summed E-state index contributed by atoms with van der Waals surface area (Å²) in [5.74, 6) is 0.0287. The first-order valence-corrected chi connectivity index (χ1v) is 8.66. The highest BCUT2D eigenvalue weighted by Crippen LogP contribution is 2.38. The smallest absolute Gasteiger partial charge is 0.249 e. The summed E-state index contributed by atoms with van der Waals surface area (Å²) in [4.78, 5) is 1.99. The molecule has 1 unspecified atom stereocenters. The Kier molecular flexibility index (Phi) is 4.52. The van der Waals surface area contributed by atoms with E-state index in [9.17, 15) is 13.5 Å². The molecule has 1 aliphatic heterocycles. The molecule has 114 valence electrons. The highest BCUT2D eigenvalue weighted by molar-refractivity contribution is 7.89. The molecule has 0 bridgehead atoms. The third-order valence-electron chi connectivity index (χ3n) is 3.49. The van der Waals surface area contributed by atoms with E-state index in [0.717, 1.165) is 35.1 Å². The first-order chi connectivity index (χ1) is 9.39. The lowest BCUT2D eigenvalue weighted by Crippen LogP contribution is -2.42. The van der Waals surface area contributed by atoms with Crippen molar-refractivity contribution in [1.29, 1.82) is 0 Å². The fourth-order valence-electron chi connectivity index (χ4n) is 2.35. The number of nitrogen functional groups attached to an aromatic ring is 1. The molecular weight excluding hydrogens is 300 g/mol. The van der Waals surface area contributed by atoms with Gasteiger partial charge in [-0.3, -0.25) is 0 Å². The second-order valence-corrected chi connectivity index (χ2v) is 7.86. The Morgan fingerprint density at radius 2 is 2.20 bits per heavy atom. The van der Waals surface area contributed by atoms with Crippen LogP contribution in [0, 0.1) is 0 Å². The first kappa shape index (κ1) is 15.5. The number of hydrogen-bond acceptors (Lipinski definition) is 7. The molecule has 2 heterocycles. The van der Waals surface area contributed by atoms with E-state index < -0.39 is 10.0 Å². The van der Waals surface area contributed by atoms with Crippen LogP contribution in [0.1, 0.15) is 19.3 Å². The average molecular weight is 320 g/mol. The van der Waals surface area contributed by atoms with Crippen LogP contribution in [0.25, 0.3) is 0 Å². The summed E-state index contributed by atoms with van der Waals surface area (Å²) in [6, 6.07) is -0.0697. The highest BCUT2D eigenvalue weighted by Gasteiger charge is 2.33. The number of nitrogens with two attached hydrogens (primary N) is 1. The second-order valence-electron chi connectivity index (χ2n) is 5.02. The molecule has 1 aromatic heterocycles. The maximum absolute atomic E-state index is 12.4. The van der Waals surface area contributed by atoms with Gasteiger partial charge in [0.25, 0.3) is 0 Å². The molecule has 0 amide bonds. The molecule has 2 rings (SSSR count). The predicted molar refractivity (Wildman–Crippen MR) is 79.5 cm³/mol. The topological polar surface area (TPSA) is 99.8 Å². The Labute approximate surface area is 123 Å². The van der Waals surface area contributed by atoms with Gasteiger partial charge in [0.2, 0.25) is 10.0 Å². The monoisotopic (exact) mass is 320 g/mol. The maximum Gasteiger partial charge on any atom is 0.249 e. The van der Waals surface area contributed by atoms with Crippen LogP contribution in [-0.2, 0) is 10.0 Å². The lowest BCUT2D eigenvalue weighted by Gasteiger charge is -2.35. The van der Waals surface area contributed by atoms with Crippen LogP contribution in [0.3, 0.4) is 0 Å². The van der Waals surface area contributed by atoms with Crippen molar-refractivity contribution < 1.29 is 13.5 Å². The van der Waals surface area contributed by atoms with Gasteiger partial charge >= 0.3 is 0 Å². The first-order valence-electron chi connectivity index (χ1n) is 6.44. The summed E-state index contributed by atoms with van der Waals surface area (Å²) in [5, 5.41) is 10.0. The van der Waals surface area contributed by atoms with Gasteiger partial charge in [0.05, 0.1) is 12.6 Å². The van der Waals surface area contributed by atoms with Crippen LogP contribution in [0.5, 0.6) is 0 Å². The van der Waals surface area contributed by atoms with Gasteiger partial charge in [-0.05, 0) is 30.8 Å². The SMILES string of the molecule is CN(C)S(=O)(=O)c1c(N)nsc1N1CCCCC1CO. The van der Waals surface area contributed by atoms with Crippen molar-refractivity contribution in [1.82, 2.24) is 8.68 Å². The number of rotatable bonds is 4. The number of piperidine rings is 1. The third-order valence-corrected chi connectivity index (χ3v) is 6.40. The van der Waals surface area contributed by atoms with Gasteiger partial charge in [-0.2, -0.15) is 4.37 Å². The average Bonchev–Trinajstić information content (AvgIpc) is 2.80. The molecule has 0 aliphatic carbocycles. The van der Waals surface area contributed by atoms with Crippen molar-refractivity contribution in [3.63, 3.8) is 0 Å². The van der Waals surface area contributed by atoms with Crippen molar-refractivity contribution in [2.24, 2.45) is 0 Å². The fourth-order valence-corrected chi connectivity index (χ4v) is 4.66. The van der Waals surface area contributed by atoms with Gasteiger partial charge in [0.1, 0.15) is 5.00 Å². The van der Waals surface area contributed by atoms with E-state index in [0.29, 0.717) is 11.5 Å². The lowest BCUT2D eigenvalue weighted by atomic mass is 10.0. The molecule has 1 aliphatic rings. The van der Waals surface area contributed by atoms with Crippen molar-refractivity contribution in [2.75, 3.05) is 37.9 Å². The third kappa shape index (κ3) is 2.62. The van der Waals surface area contributed by atoms with Crippen LogP contribution >= 0.6 is 11.5 Å². The van der Waals surface area contributed by atoms with Gasteiger partial charge in [0, 0.05) is 20.6 Å². The van der Waals surface area contributed by atoms with Crippen molar-refractivity contribution in [3.8, 4) is 0 Å². The zero-order valence-electron chi connectivity index (χ0n) is 11.6. The molecule has 20 heavy (non-hydrogen) atoms. The largest absolute Gasteiger partial charge is 0.394 e. The van der Waals surface area contributed by atoms with Crippen molar-refractivity contribution in [3.05, 3.63) is 0 Å². The molecule has 0 spiro atoms. The number of hydrogen-bond donors (Lipinski definition) is 2. The summed E-state index contributed by atoms with van der Waals surface area (Å²) < 4.78 is 29.9. The fraction of sp³-hybridized carbons (Fsp3) is 0.727. The normalized spacial score (nSPS) is 20.6. The van der Waals surface area contributed by atoms with E-state index >= 15 is 0 Å². The molecule has 0 saturated carbocycles. The minimum atomic E-state index is -3.64. The summed E-state index contributed by atoms with van der Waals surface area (Å²) in [6.07, 6.45) is 2.84. The Hall–Kier alpha value is -0.900. The van der Waals surface area contributed by atoms with E-state index in [2.05, 4.69) is 4.37 Å². The van der Waals surface area contributed by atoms with Gasteiger partial charge in [-0.15, -0.1) is 0 Å². The maximum atomic E-state index is 12.4. The molecule has 1 atom stereocenters. The van der Waals surface area contributed by atoms with Gasteiger partial charge < -0.3 is 15.7 Å². The van der Waals surface area contributed by atoms with E-state index in [1.807, 2.05) is 4.90 Å². The number of aromatic nitrogens is 1. The van der Waals surface area contributed by atoms with Crippen molar-refractivity contribution in [2.45, 2.75) is 30.2 Å². The number of aliphatic hydroxyl groups is 1. The summed E-state index contributed by atoms with van der Waals surface area (Å²) >= 11 is 1.08. The number of anilines is 2. The van der Waals surface area contributed by atoms with Gasteiger partial charge in [0.15, 0.2) is 10.7 Å². The Bertz CT molecular complexity index is 570.